The molecule has 0 amide bonds. The predicted octanol–water partition coefficient (Wildman–Crippen LogP) is 3.30. The van der Waals surface area contributed by atoms with Gasteiger partial charge in [-0.1, -0.05) is 18.2 Å². The van der Waals surface area contributed by atoms with Crippen LogP contribution in [-0.2, 0) is 0 Å². The molecule has 3 heteroatoms. The van der Waals surface area contributed by atoms with Crippen molar-refractivity contribution in [1.82, 2.24) is 4.98 Å². The fourth-order valence-corrected chi connectivity index (χ4v) is 1.78. The first kappa shape index (κ1) is 8.81. The van der Waals surface area contributed by atoms with E-state index in [0.29, 0.717) is 5.69 Å². The molecule has 0 aliphatic rings. The number of furan rings is 1. The van der Waals surface area contributed by atoms with E-state index in [1.54, 1.807) is 6.20 Å². The number of para-hydroxylation sites is 1. The second-order valence-corrected chi connectivity index (χ2v) is 3.53. The van der Waals surface area contributed by atoms with Crippen molar-refractivity contribution in [3.63, 3.8) is 0 Å². The Morgan fingerprint density at radius 2 is 2.06 bits per heavy atom. The molecule has 0 radical (unpaired) electrons. The molecule has 2 aromatic heterocycles. The number of fused-ring (bicyclic) bond motifs is 1. The number of hydrogen-bond acceptors (Lipinski definition) is 2. The highest BCUT2D eigenvalue weighted by Gasteiger charge is 2.10. The Hall–Kier alpha value is -2.47. The van der Waals surface area contributed by atoms with E-state index in [9.17, 15) is 0 Å². The largest absolute Gasteiger partial charge is 0.456 e. The fourth-order valence-electron chi connectivity index (χ4n) is 1.78. The minimum Gasteiger partial charge on any atom is -0.456 e. The molecule has 0 saturated carbocycles. The van der Waals surface area contributed by atoms with Gasteiger partial charge in [0, 0.05) is 11.6 Å². The van der Waals surface area contributed by atoms with Crippen LogP contribution >= 0.6 is 0 Å². The Bertz CT molecular complexity index is 652. The van der Waals surface area contributed by atoms with Crippen molar-refractivity contribution in [3.05, 3.63) is 48.3 Å². The maximum atomic E-state index is 8.92. The number of rotatable bonds is 1. The molecule has 0 aliphatic heterocycles. The van der Waals surface area contributed by atoms with E-state index in [1.807, 2.05) is 36.4 Å². The zero-order valence-corrected chi connectivity index (χ0v) is 8.40. The topological polar surface area (TPSA) is 52.7 Å². The van der Waals surface area contributed by atoms with Gasteiger partial charge in [0.2, 0.25) is 0 Å². The van der Waals surface area contributed by atoms with Gasteiger partial charge in [-0.15, -0.1) is 0 Å². The van der Waals surface area contributed by atoms with Crippen LogP contribution in [0.15, 0.2) is 47.0 Å². The lowest BCUT2D eigenvalue weighted by Crippen LogP contribution is -1.76. The monoisotopic (exact) mass is 208 g/mol. The molecular weight excluding hydrogens is 200 g/mol. The number of H-pyrrole nitrogens is 1. The summed E-state index contributed by atoms with van der Waals surface area (Å²) in [5.41, 5.74) is 2.17. The van der Waals surface area contributed by atoms with Crippen molar-refractivity contribution in [3.8, 4) is 17.4 Å². The fraction of sp³-hybridized carbons (Fsp3) is 0. The molecule has 1 aromatic carbocycles. The summed E-state index contributed by atoms with van der Waals surface area (Å²) < 4.78 is 5.68. The van der Waals surface area contributed by atoms with Gasteiger partial charge in [-0.05, 0) is 18.2 Å². The van der Waals surface area contributed by atoms with E-state index in [-0.39, 0.29) is 0 Å². The van der Waals surface area contributed by atoms with E-state index < -0.39 is 0 Å². The van der Waals surface area contributed by atoms with Crippen molar-refractivity contribution in [1.29, 1.82) is 5.26 Å². The summed E-state index contributed by atoms with van der Waals surface area (Å²) in [6.45, 7) is 0. The number of benzene rings is 1. The quantitative estimate of drug-likeness (QED) is 0.667. The van der Waals surface area contributed by atoms with Crippen molar-refractivity contribution in [2.24, 2.45) is 0 Å². The SMILES string of the molecule is N#Cc1[nH]ccc1-c1cc2ccccc2o1. The van der Waals surface area contributed by atoms with E-state index >= 15 is 0 Å². The van der Waals surface area contributed by atoms with Gasteiger partial charge in [0.25, 0.3) is 0 Å². The zero-order chi connectivity index (χ0) is 11.0. The second kappa shape index (κ2) is 3.28. The van der Waals surface area contributed by atoms with Crippen LogP contribution in [0.1, 0.15) is 5.69 Å². The first-order chi connectivity index (χ1) is 7.88. The molecule has 1 N–H and O–H groups in total. The minimum absolute atomic E-state index is 0.527. The minimum atomic E-state index is 0.527. The normalized spacial score (nSPS) is 10.4. The highest BCUT2D eigenvalue weighted by molar-refractivity contribution is 5.83. The van der Waals surface area contributed by atoms with E-state index in [0.717, 1.165) is 22.3 Å². The first-order valence-corrected chi connectivity index (χ1v) is 4.95. The molecule has 3 nitrogen and oxygen atoms in total. The van der Waals surface area contributed by atoms with Crippen LogP contribution in [0.4, 0.5) is 0 Å². The smallest absolute Gasteiger partial charge is 0.138 e. The Labute approximate surface area is 91.9 Å². The summed E-state index contributed by atoms with van der Waals surface area (Å²) in [5, 5.41) is 9.96. The van der Waals surface area contributed by atoms with Gasteiger partial charge in [0.05, 0.1) is 5.56 Å². The number of aromatic nitrogens is 1. The Morgan fingerprint density at radius 3 is 2.88 bits per heavy atom. The number of nitrogens with one attached hydrogen (secondary N) is 1. The molecule has 2 heterocycles. The predicted molar refractivity (Wildman–Crippen MR) is 60.7 cm³/mol. The number of nitrogens with zero attached hydrogens (tertiary/aromatic N) is 1. The van der Waals surface area contributed by atoms with Gasteiger partial charge < -0.3 is 9.40 Å². The zero-order valence-electron chi connectivity index (χ0n) is 8.40. The average Bonchev–Trinajstić information content (AvgIpc) is 2.94. The van der Waals surface area contributed by atoms with Crippen molar-refractivity contribution < 1.29 is 4.42 Å². The third-order valence-corrected chi connectivity index (χ3v) is 2.55. The highest BCUT2D eigenvalue weighted by atomic mass is 16.3. The lowest BCUT2D eigenvalue weighted by atomic mass is 10.2. The van der Waals surface area contributed by atoms with Gasteiger partial charge in [0.15, 0.2) is 0 Å². The molecule has 76 valence electrons. The Kier molecular flexibility index (Phi) is 1.81. The van der Waals surface area contributed by atoms with E-state index in [4.69, 9.17) is 9.68 Å². The summed E-state index contributed by atoms with van der Waals surface area (Å²) in [6.07, 6.45) is 1.74. The van der Waals surface area contributed by atoms with Gasteiger partial charge in [-0.25, -0.2) is 0 Å². The summed E-state index contributed by atoms with van der Waals surface area (Å²) in [7, 11) is 0. The molecule has 0 aliphatic carbocycles. The summed E-state index contributed by atoms with van der Waals surface area (Å²) in [6, 6.07) is 13.7. The Morgan fingerprint density at radius 1 is 1.19 bits per heavy atom. The van der Waals surface area contributed by atoms with Crippen LogP contribution in [0.3, 0.4) is 0 Å². The average molecular weight is 208 g/mol. The van der Waals surface area contributed by atoms with Gasteiger partial charge in [-0.3, -0.25) is 0 Å². The Balaban J connectivity index is 2.24. The van der Waals surface area contributed by atoms with Crippen LogP contribution in [0.25, 0.3) is 22.3 Å². The molecule has 0 atom stereocenters. The van der Waals surface area contributed by atoms with Gasteiger partial charge >= 0.3 is 0 Å². The summed E-state index contributed by atoms with van der Waals surface area (Å²) in [5.74, 6) is 0.721. The standard InChI is InChI=1S/C13H8N2O/c14-8-11-10(5-6-15-11)13-7-9-3-1-2-4-12(9)16-13/h1-7,15H. The lowest BCUT2D eigenvalue weighted by Gasteiger charge is -1.90. The highest BCUT2D eigenvalue weighted by Crippen LogP contribution is 2.29. The summed E-state index contributed by atoms with van der Waals surface area (Å²) >= 11 is 0. The van der Waals surface area contributed by atoms with Gasteiger partial charge in [0.1, 0.15) is 23.1 Å². The molecule has 0 bridgehead atoms. The van der Waals surface area contributed by atoms with Crippen molar-refractivity contribution in [2.45, 2.75) is 0 Å². The third kappa shape index (κ3) is 1.21. The molecule has 0 unspecified atom stereocenters. The first-order valence-electron chi connectivity index (χ1n) is 4.95. The van der Waals surface area contributed by atoms with Crippen LogP contribution in [-0.4, -0.2) is 4.98 Å². The third-order valence-electron chi connectivity index (χ3n) is 2.55. The van der Waals surface area contributed by atoms with E-state index in [2.05, 4.69) is 11.1 Å². The molecule has 0 saturated heterocycles. The van der Waals surface area contributed by atoms with Crippen LogP contribution in [0.5, 0.6) is 0 Å². The van der Waals surface area contributed by atoms with Crippen LogP contribution in [0.2, 0.25) is 0 Å². The maximum Gasteiger partial charge on any atom is 0.138 e. The molecule has 0 fully saturated rings. The number of nitriles is 1. The van der Waals surface area contributed by atoms with Crippen molar-refractivity contribution in [2.75, 3.05) is 0 Å². The molecule has 3 aromatic rings. The molecule has 3 rings (SSSR count). The molecule has 0 spiro atoms. The number of hydrogen-bond donors (Lipinski definition) is 1. The summed E-state index contributed by atoms with van der Waals surface area (Å²) in [4.78, 5) is 2.88. The molecular formula is C13H8N2O. The van der Waals surface area contributed by atoms with Crippen molar-refractivity contribution >= 4 is 11.0 Å². The maximum absolute atomic E-state index is 8.92. The van der Waals surface area contributed by atoms with E-state index in [1.165, 1.54) is 0 Å². The molecule has 16 heavy (non-hydrogen) atoms. The van der Waals surface area contributed by atoms with Crippen LogP contribution < -0.4 is 0 Å². The lowest BCUT2D eigenvalue weighted by molar-refractivity contribution is 0.631. The van der Waals surface area contributed by atoms with Gasteiger partial charge in [-0.2, -0.15) is 5.26 Å². The number of aromatic amines is 1. The second-order valence-electron chi connectivity index (χ2n) is 3.53. The van der Waals surface area contributed by atoms with Crippen LogP contribution in [0, 0.1) is 11.3 Å².